The first-order chi connectivity index (χ1) is 14.9. The molecule has 0 saturated carbocycles. The summed E-state index contributed by atoms with van der Waals surface area (Å²) in [5, 5.41) is 15.9. The fraction of sp³-hybridized carbons (Fsp3) is 0. The van der Waals surface area contributed by atoms with Gasteiger partial charge in [-0.1, -0.05) is 18.2 Å². The molecule has 0 spiro atoms. The molecule has 0 bridgehead atoms. The van der Waals surface area contributed by atoms with Crippen LogP contribution in [-0.2, 0) is 29.5 Å². The number of rotatable bonds is 3. The van der Waals surface area contributed by atoms with E-state index in [0.717, 1.165) is 12.1 Å². The van der Waals surface area contributed by atoms with Crippen molar-refractivity contribution < 1.29 is 30.4 Å². The van der Waals surface area contributed by atoms with Gasteiger partial charge < -0.3 is 5.11 Å². The van der Waals surface area contributed by atoms with Gasteiger partial charge in [-0.2, -0.15) is 0 Å². The van der Waals surface area contributed by atoms with Gasteiger partial charge in [-0.15, -0.1) is 19.3 Å². The van der Waals surface area contributed by atoms with Crippen LogP contribution in [0, 0.1) is 35.0 Å². The van der Waals surface area contributed by atoms with Crippen molar-refractivity contribution in [2.45, 2.75) is 14.7 Å². The Morgan fingerprint density at radius 3 is 1.25 bits per heavy atom. The second-order valence-electron chi connectivity index (χ2n) is 6.70. The van der Waals surface area contributed by atoms with Crippen LogP contribution in [0.4, 0.5) is 0 Å². The third-order valence-corrected chi connectivity index (χ3v) is 8.78. The van der Waals surface area contributed by atoms with Gasteiger partial charge in [-0.25, -0.2) is 25.3 Å². The quantitative estimate of drug-likeness (QED) is 0.270. The highest BCUT2D eigenvalue weighted by molar-refractivity contribution is 7.97. The molecule has 4 rings (SSSR count). The molecule has 0 aliphatic heterocycles. The summed E-state index contributed by atoms with van der Waals surface area (Å²) in [4.78, 5) is -1.40. The molecule has 0 saturated heterocycles. The van der Waals surface area contributed by atoms with Gasteiger partial charge in [0.15, 0.2) is 0 Å². The van der Waals surface area contributed by atoms with E-state index in [1.807, 2.05) is 0 Å². The Morgan fingerprint density at radius 1 is 0.562 bits per heavy atom. The minimum Gasteiger partial charge on any atom is -0.507 e. The second-order valence-corrected chi connectivity index (χ2v) is 11.7. The van der Waals surface area contributed by atoms with E-state index in [1.54, 1.807) is 15.8 Å². The lowest BCUT2D eigenvalue weighted by molar-refractivity contribution is 0.480. The molecule has 0 aromatic heterocycles. The Labute approximate surface area is 183 Å². The molecule has 4 aromatic rings. The van der Waals surface area contributed by atoms with Gasteiger partial charge in [0.25, 0.3) is 0 Å². The molecule has 0 atom stereocenters. The average molecular weight is 483 g/mol. The van der Waals surface area contributed by atoms with E-state index in [-0.39, 0.29) is 32.3 Å². The van der Waals surface area contributed by atoms with Crippen molar-refractivity contribution in [3.63, 3.8) is 0 Å². The maximum atomic E-state index is 12.6. The van der Waals surface area contributed by atoms with Crippen LogP contribution in [0.1, 0.15) is 0 Å². The standard InChI is InChI=1S/C22H10O7S3/c1-4-30(24,25)18-11-17(23)13-7-8-15-19(31(26,27)5-2)12-20(32(28,29)6-3)16-10-9-14(18)21(13)22(15)16/h1-3,7-12,23H. The molecule has 0 fully saturated rings. The summed E-state index contributed by atoms with van der Waals surface area (Å²) >= 11 is 0. The monoisotopic (exact) mass is 482 g/mol. The van der Waals surface area contributed by atoms with Gasteiger partial charge in [-0.05, 0) is 12.1 Å². The zero-order valence-electron chi connectivity index (χ0n) is 15.8. The third kappa shape index (κ3) is 2.80. The van der Waals surface area contributed by atoms with E-state index >= 15 is 0 Å². The summed E-state index contributed by atoms with van der Waals surface area (Å²) in [6.45, 7) is 0. The van der Waals surface area contributed by atoms with E-state index in [0.29, 0.717) is 0 Å². The van der Waals surface area contributed by atoms with Crippen LogP contribution in [0.3, 0.4) is 0 Å². The van der Waals surface area contributed by atoms with E-state index < -0.39 is 49.9 Å². The molecular weight excluding hydrogens is 472 g/mol. The largest absolute Gasteiger partial charge is 0.507 e. The number of hydrogen-bond donors (Lipinski definition) is 1. The maximum absolute atomic E-state index is 12.6. The summed E-state index contributed by atoms with van der Waals surface area (Å²) in [5.41, 5.74) is 0. The third-order valence-electron chi connectivity index (χ3n) is 5.10. The number of benzene rings is 4. The van der Waals surface area contributed by atoms with Crippen molar-refractivity contribution in [3.05, 3.63) is 36.4 Å². The minimum atomic E-state index is -4.39. The fourth-order valence-electron chi connectivity index (χ4n) is 3.74. The minimum absolute atomic E-state index is 0.0293. The van der Waals surface area contributed by atoms with Gasteiger partial charge >= 0.3 is 0 Å². The Bertz CT molecular complexity index is 1880. The summed E-state index contributed by atoms with van der Waals surface area (Å²) in [5.74, 6) is -0.452. The molecule has 0 amide bonds. The predicted octanol–water partition coefficient (Wildman–Crippen LogP) is 2.38. The smallest absolute Gasteiger partial charge is 0.245 e. The maximum Gasteiger partial charge on any atom is 0.245 e. The lowest BCUT2D eigenvalue weighted by atomic mass is 9.94. The Balaban J connectivity index is 2.47. The Morgan fingerprint density at radius 2 is 0.875 bits per heavy atom. The van der Waals surface area contributed by atoms with Gasteiger partial charge in [0.1, 0.15) is 5.75 Å². The number of terminal acetylenes is 3. The Hall–Kier alpha value is -3.75. The highest BCUT2D eigenvalue weighted by Crippen LogP contribution is 2.45. The second kappa shape index (κ2) is 6.62. The van der Waals surface area contributed by atoms with Crippen LogP contribution in [-0.4, -0.2) is 30.4 Å². The molecular formula is C22H10O7S3. The van der Waals surface area contributed by atoms with Crippen LogP contribution in [0.15, 0.2) is 51.1 Å². The van der Waals surface area contributed by atoms with Crippen molar-refractivity contribution >= 4 is 61.8 Å². The van der Waals surface area contributed by atoms with Gasteiger partial charge in [0, 0.05) is 54.1 Å². The molecule has 1 N–H and O–H groups in total. The summed E-state index contributed by atoms with van der Waals surface area (Å²) in [6, 6.07) is 7.19. The zero-order valence-corrected chi connectivity index (χ0v) is 18.3. The van der Waals surface area contributed by atoms with Gasteiger partial charge in [-0.3, -0.25) is 0 Å². The highest BCUT2D eigenvalue weighted by atomic mass is 32.2. The molecule has 10 heteroatoms. The molecule has 0 radical (unpaired) electrons. The summed E-state index contributed by atoms with van der Waals surface area (Å²) < 4.78 is 75.3. The van der Waals surface area contributed by atoms with Crippen LogP contribution < -0.4 is 0 Å². The SMILES string of the molecule is C#CS(=O)(=O)c1cc(O)c2ccc3c(S(=O)(=O)C#C)cc(S(=O)(=O)C#C)c4ccc1c2c34. The fourth-order valence-corrected chi connectivity index (χ4v) is 6.38. The molecule has 0 aliphatic carbocycles. The number of sulfone groups is 3. The number of phenols is 1. The van der Waals surface area contributed by atoms with Crippen molar-refractivity contribution in [3.8, 4) is 40.8 Å². The predicted molar refractivity (Wildman–Crippen MR) is 120 cm³/mol. The molecule has 0 heterocycles. The van der Waals surface area contributed by atoms with Crippen LogP contribution in [0.25, 0.3) is 32.3 Å². The summed E-state index contributed by atoms with van der Waals surface area (Å²) in [7, 11) is -13.0. The molecule has 0 unspecified atom stereocenters. The molecule has 158 valence electrons. The van der Waals surface area contributed by atoms with E-state index in [9.17, 15) is 30.4 Å². The first-order valence-electron chi connectivity index (χ1n) is 8.54. The normalized spacial score (nSPS) is 12.5. The molecule has 32 heavy (non-hydrogen) atoms. The first kappa shape index (κ1) is 21.5. The van der Waals surface area contributed by atoms with Gasteiger partial charge in [0.05, 0.1) is 14.7 Å². The van der Waals surface area contributed by atoms with Gasteiger partial charge in [0.2, 0.25) is 29.5 Å². The first-order valence-corrected chi connectivity index (χ1v) is 13.0. The van der Waals surface area contributed by atoms with Crippen molar-refractivity contribution in [1.29, 1.82) is 0 Å². The van der Waals surface area contributed by atoms with E-state index in [2.05, 4.69) is 0 Å². The number of aromatic hydroxyl groups is 1. The van der Waals surface area contributed by atoms with Crippen molar-refractivity contribution in [2.75, 3.05) is 0 Å². The average Bonchev–Trinajstić information content (AvgIpc) is 2.77. The molecule has 7 nitrogen and oxygen atoms in total. The van der Waals surface area contributed by atoms with E-state index in [1.165, 1.54) is 24.3 Å². The number of phenolic OH excluding ortho intramolecular Hbond substituents is 1. The summed E-state index contributed by atoms with van der Waals surface area (Å²) in [6.07, 6.45) is 15.4. The lowest BCUT2D eigenvalue weighted by Gasteiger charge is -2.17. The Kier molecular flexibility index (Phi) is 4.45. The van der Waals surface area contributed by atoms with Crippen LogP contribution in [0.5, 0.6) is 5.75 Å². The number of hydrogen-bond acceptors (Lipinski definition) is 7. The van der Waals surface area contributed by atoms with Crippen molar-refractivity contribution in [2.24, 2.45) is 0 Å². The van der Waals surface area contributed by atoms with Crippen LogP contribution in [0.2, 0.25) is 0 Å². The topological polar surface area (TPSA) is 123 Å². The van der Waals surface area contributed by atoms with E-state index in [4.69, 9.17) is 19.3 Å². The van der Waals surface area contributed by atoms with Crippen molar-refractivity contribution in [1.82, 2.24) is 0 Å². The lowest BCUT2D eigenvalue weighted by Crippen LogP contribution is -2.05. The van der Waals surface area contributed by atoms with Crippen LogP contribution >= 0.6 is 0 Å². The molecule has 0 aliphatic rings. The zero-order chi connectivity index (χ0) is 23.6. The highest BCUT2D eigenvalue weighted by Gasteiger charge is 2.28. The molecule has 4 aromatic carbocycles.